The number of amides is 1. The fourth-order valence-corrected chi connectivity index (χ4v) is 12.0. The SMILES string of the molecule is CC/C=C\C/C=C\C/C=C\C/C=C\C/C=C\C/C=C\CCCCCCCCCCCCC(=O)NC(COC1OC(CO)C(OC2OC(CO)C(OC3OC(CO)C(O)C(O)C3O)C(O)C2O)C(O)C1O)C(O)/C=C/CC/C=C/CC/C=C/CCCCCCCCCCCCCCC. The summed E-state index contributed by atoms with van der Waals surface area (Å²) in [4.78, 5) is 13.4. The van der Waals surface area contributed by atoms with Gasteiger partial charge in [-0.25, -0.2) is 0 Å². The number of hydrogen-bond acceptors (Lipinski definition) is 18. The molecule has 3 fully saturated rings. The molecule has 558 valence electrons. The van der Waals surface area contributed by atoms with Gasteiger partial charge in [0.05, 0.1) is 38.6 Å². The number of carbonyl (C=O) groups is 1. The standard InChI is InChI=1S/C78H133NO18/c1-3-5-7-9-11-13-15-17-19-21-23-25-27-28-29-30-31-32-34-36-38-40-42-44-46-48-50-52-54-56-66(84)79-61(62(83)55-53-51-49-47-45-43-41-39-37-35-33-26-24-22-20-18-16-14-12-10-8-6-4-2)60-92-76-72(90)69(87)74(64(58-81)94-76)97-78-73(91)70(88)75(65(59-82)95-78)96-77-71(89)68(86)67(85)63(57-80)93-77/h5,7,11,13,17,19,23,25,28-29,31-32,37,39,45,47,53,55,61-65,67-78,80-83,85-91H,3-4,6,8-10,12,14-16,18,20-22,24,26-27,30,33-36,38,40-44,46,48-52,54,56-60H2,1-2H3,(H,79,84)/b7-5-,13-11-,19-17-,25-23-,29-28-,32-31-,39-37+,47-45+,55-53+. The van der Waals surface area contributed by atoms with E-state index in [1.165, 1.54) is 116 Å². The Morgan fingerprint density at radius 3 is 1.15 bits per heavy atom. The third-order valence-electron chi connectivity index (χ3n) is 18.0. The first kappa shape index (κ1) is 87.7. The minimum atomic E-state index is -1.99. The summed E-state index contributed by atoms with van der Waals surface area (Å²) in [5.41, 5.74) is 0. The van der Waals surface area contributed by atoms with Gasteiger partial charge in [0.2, 0.25) is 5.91 Å². The summed E-state index contributed by atoms with van der Waals surface area (Å²) in [7, 11) is 0. The Labute approximate surface area is 583 Å². The zero-order valence-corrected chi connectivity index (χ0v) is 59.3. The van der Waals surface area contributed by atoms with Gasteiger partial charge < -0.3 is 89.9 Å². The number of allylic oxidation sites excluding steroid dienone is 17. The van der Waals surface area contributed by atoms with Gasteiger partial charge in [0.15, 0.2) is 18.9 Å². The highest BCUT2D eigenvalue weighted by Crippen LogP contribution is 2.33. The van der Waals surface area contributed by atoms with E-state index in [0.29, 0.717) is 12.8 Å². The molecule has 0 aromatic carbocycles. The van der Waals surface area contributed by atoms with Crippen LogP contribution in [0.4, 0.5) is 0 Å². The van der Waals surface area contributed by atoms with Gasteiger partial charge in [0.25, 0.3) is 0 Å². The van der Waals surface area contributed by atoms with Crippen LogP contribution in [-0.4, -0.2) is 193 Å². The fourth-order valence-electron chi connectivity index (χ4n) is 12.0. The lowest BCUT2D eigenvalue weighted by Crippen LogP contribution is -2.66. The lowest BCUT2D eigenvalue weighted by Gasteiger charge is -2.48. The van der Waals surface area contributed by atoms with E-state index in [4.69, 9.17) is 28.4 Å². The van der Waals surface area contributed by atoms with E-state index in [-0.39, 0.29) is 18.9 Å². The summed E-state index contributed by atoms with van der Waals surface area (Å²) in [5.74, 6) is -0.298. The summed E-state index contributed by atoms with van der Waals surface area (Å²) in [6, 6.07) is -1.01. The first-order chi connectivity index (χ1) is 47.3. The van der Waals surface area contributed by atoms with Gasteiger partial charge in [-0.05, 0) is 96.3 Å². The van der Waals surface area contributed by atoms with Gasteiger partial charge in [-0.1, -0.05) is 252 Å². The van der Waals surface area contributed by atoms with Crippen molar-refractivity contribution in [2.75, 3.05) is 26.4 Å². The summed E-state index contributed by atoms with van der Waals surface area (Å²) in [6.45, 7) is 1.59. The minimum Gasteiger partial charge on any atom is -0.394 e. The van der Waals surface area contributed by atoms with Crippen molar-refractivity contribution in [2.24, 2.45) is 0 Å². The second kappa shape index (κ2) is 58.0. The molecule has 0 radical (unpaired) electrons. The molecular formula is C78H133NO18. The predicted molar refractivity (Wildman–Crippen MR) is 383 cm³/mol. The van der Waals surface area contributed by atoms with Crippen LogP contribution in [0.25, 0.3) is 0 Å². The number of carbonyl (C=O) groups excluding carboxylic acids is 1. The van der Waals surface area contributed by atoms with Gasteiger partial charge in [0.1, 0.15) is 73.2 Å². The van der Waals surface area contributed by atoms with Gasteiger partial charge in [0, 0.05) is 6.42 Å². The van der Waals surface area contributed by atoms with Gasteiger partial charge in [-0.2, -0.15) is 0 Å². The molecule has 0 aliphatic carbocycles. The average molecular weight is 1370 g/mol. The molecule has 3 heterocycles. The zero-order valence-electron chi connectivity index (χ0n) is 59.3. The molecule has 0 aromatic heterocycles. The number of hydrogen-bond donors (Lipinski definition) is 12. The van der Waals surface area contributed by atoms with Crippen molar-refractivity contribution in [1.82, 2.24) is 5.32 Å². The van der Waals surface area contributed by atoms with Crippen molar-refractivity contribution in [3.8, 4) is 0 Å². The van der Waals surface area contributed by atoms with E-state index in [1.807, 2.05) is 6.08 Å². The Hall–Kier alpha value is -3.55. The molecule has 0 bridgehead atoms. The molecule has 3 aliphatic rings. The van der Waals surface area contributed by atoms with Crippen LogP contribution in [0.5, 0.6) is 0 Å². The third kappa shape index (κ3) is 38.9. The van der Waals surface area contributed by atoms with Crippen molar-refractivity contribution in [3.05, 3.63) is 109 Å². The van der Waals surface area contributed by atoms with E-state index in [2.05, 4.69) is 116 Å². The largest absolute Gasteiger partial charge is 0.394 e. The zero-order chi connectivity index (χ0) is 70.4. The first-order valence-electron chi connectivity index (χ1n) is 37.6. The number of aliphatic hydroxyl groups excluding tert-OH is 11. The van der Waals surface area contributed by atoms with Crippen molar-refractivity contribution in [2.45, 2.75) is 349 Å². The van der Waals surface area contributed by atoms with Crippen LogP contribution in [0.2, 0.25) is 0 Å². The molecule has 17 unspecified atom stereocenters. The molecule has 19 heteroatoms. The molecule has 3 rings (SSSR count). The Bertz CT molecular complexity index is 2180. The van der Waals surface area contributed by atoms with Crippen LogP contribution >= 0.6 is 0 Å². The summed E-state index contributed by atoms with van der Waals surface area (Å²) < 4.78 is 34.4. The van der Waals surface area contributed by atoms with Crippen molar-refractivity contribution in [1.29, 1.82) is 0 Å². The van der Waals surface area contributed by atoms with E-state index < -0.39 is 124 Å². The fraction of sp³-hybridized carbons (Fsp3) is 0.756. The molecular weight excluding hydrogens is 1240 g/mol. The third-order valence-corrected chi connectivity index (χ3v) is 18.0. The monoisotopic (exact) mass is 1370 g/mol. The molecule has 17 atom stereocenters. The smallest absolute Gasteiger partial charge is 0.220 e. The molecule has 19 nitrogen and oxygen atoms in total. The lowest BCUT2D eigenvalue weighted by atomic mass is 9.96. The molecule has 3 aliphatic heterocycles. The Morgan fingerprint density at radius 2 is 0.722 bits per heavy atom. The summed E-state index contributed by atoms with van der Waals surface area (Å²) in [6.07, 6.45) is 52.0. The number of unbranched alkanes of at least 4 members (excludes halogenated alkanes) is 25. The molecule has 0 aromatic rings. The van der Waals surface area contributed by atoms with E-state index in [1.54, 1.807) is 6.08 Å². The molecule has 0 saturated carbocycles. The highest BCUT2D eigenvalue weighted by molar-refractivity contribution is 5.76. The predicted octanol–water partition coefficient (Wildman–Crippen LogP) is 11.4. The van der Waals surface area contributed by atoms with Crippen LogP contribution in [0.15, 0.2) is 109 Å². The summed E-state index contributed by atoms with van der Waals surface area (Å²) >= 11 is 0. The van der Waals surface area contributed by atoms with Crippen LogP contribution < -0.4 is 5.32 Å². The lowest BCUT2D eigenvalue weighted by molar-refractivity contribution is -0.379. The maximum absolute atomic E-state index is 13.4. The van der Waals surface area contributed by atoms with E-state index in [9.17, 15) is 61.0 Å². The Morgan fingerprint density at radius 1 is 0.381 bits per heavy atom. The van der Waals surface area contributed by atoms with Crippen LogP contribution in [0.1, 0.15) is 245 Å². The quantitative estimate of drug-likeness (QED) is 0.0199. The van der Waals surface area contributed by atoms with E-state index >= 15 is 0 Å². The molecule has 3 saturated heterocycles. The highest BCUT2D eigenvalue weighted by atomic mass is 16.8. The number of nitrogens with one attached hydrogen (secondary N) is 1. The second-order valence-electron chi connectivity index (χ2n) is 26.4. The molecule has 97 heavy (non-hydrogen) atoms. The highest BCUT2D eigenvalue weighted by Gasteiger charge is 2.53. The van der Waals surface area contributed by atoms with E-state index in [0.717, 1.165) is 96.3 Å². The summed E-state index contributed by atoms with van der Waals surface area (Å²) in [5, 5.41) is 121. The van der Waals surface area contributed by atoms with Crippen molar-refractivity contribution >= 4 is 5.91 Å². The number of rotatable bonds is 57. The molecule has 12 N–H and O–H groups in total. The van der Waals surface area contributed by atoms with Gasteiger partial charge >= 0.3 is 0 Å². The maximum Gasteiger partial charge on any atom is 0.220 e. The normalized spacial score (nSPS) is 27.5. The van der Waals surface area contributed by atoms with Gasteiger partial charge in [-0.15, -0.1) is 0 Å². The topological polar surface area (TPSA) is 307 Å². The average Bonchev–Trinajstić information content (AvgIpc) is 0.789. The first-order valence-corrected chi connectivity index (χ1v) is 37.6. The second-order valence-corrected chi connectivity index (χ2v) is 26.4. The molecule has 0 spiro atoms. The number of ether oxygens (including phenoxy) is 6. The Kier molecular flexibility index (Phi) is 52.4. The maximum atomic E-state index is 13.4. The van der Waals surface area contributed by atoms with Crippen molar-refractivity contribution < 1.29 is 89.4 Å². The van der Waals surface area contributed by atoms with Crippen LogP contribution in [-0.2, 0) is 33.2 Å². The Balaban J connectivity index is 1.43. The van der Waals surface area contributed by atoms with Gasteiger partial charge in [-0.3, -0.25) is 4.79 Å². The molecule has 1 amide bonds. The van der Waals surface area contributed by atoms with Crippen LogP contribution in [0.3, 0.4) is 0 Å². The van der Waals surface area contributed by atoms with Crippen molar-refractivity contribution in [3.63, 3.8) is 0 Å². The number of aliphatic hydroxyl groups is 11. The minimum absolute atomic E-state index is 0.220. The van der Waals surface area contributed by atoms with Crippen LogP contribution in [0, 0.1) is 0 Å².